The number of hydrogen-bond acceptors (Lipinski definition) is 5. The summed E-state index contributed by atoms with van der Waals surface area (Å²) >= 11 is 5.96. The minimum absolute atomic E-state index is 0.0603. The lowest BCUT2D eigenvalue weighted by molar-refractivity contribution is -0.384. The first-order valence-electron chi connectivity index (χ1n) is 5.43. The molecule has 1 aromatic rings. The summed E-state index contributed by atoms with van der Waals surface area (Å²) in [5.74, 6) is -0.782. The zero-order valence-corrected chi connectivity index (χ0v) is 10.5. The molecule has 0 spiro atoms. The summed E-state index contributed by atoms with van der Waals surface area (Å²) in [6, 6.07) is 4.08. The van der Waals surface area contributed by atoms with Crippen molar-refractivity contribution in [1.82, 2.24) is 10.2 Å². The van der Waals surface area contributed by atoms with Crippen LogP contribution in [0.15, 0.2) is 18.2 Å². The van der Waals surface area contributed by atoms with Crippen molar-refractivity contribution < 1.29 is 14.5 Å². The molecule has 0 bridgehead atoms. The Kier molecular flexibility index (Phi) is 3.77. The van der Waals surface area contributed by atoms with Crippen LogP contribution in [-0.2, 0) is 16.1 Å². The largest absolute Gasteiger partial charge is 0.294 e. The summed E-state index contributed by atoms with van der Waals surface area (Å²) in [6.45, 7) is 0.329. The number of nitrogens with one attached hydrogen (secondary N) is 1. The van der Waals surface area contributed by atoms with Gasteiger partial charge in [0.25, 0.3) is 5.69 Å². The van der Waals surface area contributed by atoms with Crippen LogP contribution in [0.3, 0.4) is 0 Å². The topological polar surface area (TPSA) is 92.6 Å². The number of rotatable bonds is 3. The normalized spacial score (nSPS) is 16.3. The molecule has 7 nitrogen and oxygen atoms in total. The summed E-state index contributed by atoms with van der Waals surface area (Å²) in [5, 5.41) is 13.2. The number of nitro groups is 1. The maximum absolute atomic E-state index is 11.2. The standard InChI is InChI=1S/C11H10ClN3O4/c12-9-2-1-8(15(18)19)3-7(9)4-14-5-10(16)13-11(17)6-14/h1-3H,4-6H2,(H,13,16,17). The van der Waals surface area contributed by atoms with Crippen molar-refractivity contribution in [3.8, 4) is 0 Å². The highest BCUT2D eigenvalue weighted by molar-refractivity contribution is 6.31. The number of imide groups is 1. The average Bonchev–Trinajstić information content (AvgIpc) is 2.30. The van der Waals surface area contributed by atoms with Gasteiger partial charge in [-0.3, -0.25) is 29.9 Å². The minimum atomic E-state index is -0.520. The molecule has 1 N–H and O–H groups in total. The molecule has 2 amide bonds. The van der Waals surface area contributed by atoms with Crippen molar-refractivity contribution in [3.63, 3.8) is 0 Å². The Bertz CT molecular complexity index is 545. The lowest BCUT2D eigenvalue weighted by atomic mass is 10.1. The molecule has 0 aliphatic carbocycles. The third-order valence-corrected chi connectivity index (χ3v) is 3.02. The summed E-state index contributed by atoms with van der Waals surface area (Å²) in [5.41, 5.74) is 0.436. The number of non-ortho nitro benzene ring substituents is 1. The molecular formula is C11H10ClN3O4. The maximum atomic E-state index is 11.2. The highest BCUT2D eigenvalue weighted by atomic mass is 35.5. The monoisotopic (exact) mass is 283 g/mol. The SMILES string of the molecule is O=C1CN(Cc2cc([N+](=O)[O-])ccc2Cl)CC(=O)N1. The van der Waals surface area contributed by atoms with E-state index in [2.05, 4.69) is 5.32 Å². The van der Waals surface area contributed by atoms with Crippen LogP contribution < -0.4 is 5.32 Å². The number of amides is 2. The lowest BCUT2D eigenvalue weighted by Gasteiger charge is -2.25. The Morgan fingerprint density at radius 3 is 2.53 bits per heavy atom. The molecule has 0 saturated carbocycles. The number of nitrogens with zero attached hydrogens (tertiary/aromatic N) is 2. The Morgan fingerprint density at radius 2 is 1.95 bits per heavy atom. The van der Waals surface area contributed by atoms with Crippen LogP contribution >= 0.6 is 11.6 Å². The van der Waals surface area contributed by atoms with Gasteiger partial charge in [0.2, 0.25) is 11.8 Å². The van der Waals surface area contributed by atoms with E-state index in [9.17, 15) is 19.7 Å². The lowest BCUT2D eigenvalue weighted by Crippen LogP contribution is -2.50. The zero-order chi connectivity index (χ0) is 14.0. The van der Waals surface area contributed by atoms with Gasteiger partial charge in [0.05, 0.1) is 18.0 Å². The van der Waals surface area contributed by atoms with Gasteiger partial charge in [0.15, 0.2) is 0 Å². The zero-order valence-electron chi connectivity index (χ0n) is 9.76. The Labute approximate surface area is 113 Å². The second-order valence-electron chi connectivity index (χ2n) is 4.15. The van der Waals surface area contributed by atoms with Gasteiger partial charge in [0, 0.05) is 23.7 Å². The van der Waals surface area contributed by atoms with Crippen molar-refractivity contribution >= 4 is 29.1 Å². The number of hydrogen-bond donors (Lipinski definition) is 1. The third-order valence-electron chi connectivity index (χ3n) is 2.65. The first-order valence-corrected chi connectivity index (χ1v) is 5.81. The van der Waals surface area contributed by atoms with Gasteiger partial charge in [-0.25, -0.2) is 0 Å². The van der Waals surface area contributed by atoms with Crippen LogP contribution in [0, 0.1) is 10.1 Å². The summed E-state index contributed by atoms with van der Waals surface area (Å²) in [7, 11) is 0. The summed E-state index contributed by atoms with van der Waals surface area (Å²) in [6.07, 6.45) is 0. The molecule has 1 saturated heterocycles. The quantitative estimate of drug-likeness (QED) is 0.501. The number of halogens is 1. The van der Waals surface area contributed by atoms with E-state index < -0.39 is 16.7 Å². The van der Waals surface area contributed by atoms with E-state index in [4.69, 9.17) is 11.6 Å². The van der Waals surface area contributed by atoms with E-state index in [-0.39, 0.29) is 25.3 Å². The second-order valence-corrected chi connectivity index (χ2v) is 4.56. The molecule has 1 aliphatic rings. The van der Waals surface area contributed by atoms with Gasteiger partial charge in [-0.2, -0.15) is 0 Å². The van der Waals surface area contributed by atoms with E-state index in [1.54, 1.807) is 4.90 Å². The molecule has 8 heteroatoms. The van der Waals surface area contributed by atoms with E-state index in [0.717, 1.165) is 0 Å². The molecule has 1 aromatic carbocycles. The molecule has 2 rings (SSSR count). The van der Waals surface area contributed by atoms with E-state index in [1.807, 2.05) is 0 Å². The third kappa shape index (κ3) is 3.27. The van der Waals surface area contributed by atoms with Gasteiger partial charge >= 0.3 is 0 Å². The molecule has 1 heterocycles. The molecule has 0 atom stereocenters. The Balaban J connectivity index is 2.18. The molecule has 1 fully saturated rings. The average molecular weight is 284 g/mol. The van der Waals surface area contributed by atoms with Crippen LogP contribution in [0.2, 0.25) is 5.02 Å². The molecule has 0 radical (unpaired) electrons. The molecular weight excluding hydrogens is 274 g/mol. The molecule has 19 heavy (non-hydrogen) atoms. The van der Waals surface area contributed by atoms with Crippen molar-refractivity contribution in [1.29, 1.82) is 0 Å². The Morgan fingerprint density at radius 1 is 1.32 bits per heavy atom. The number of carbonyl (C=O) groups excluding carboxylic acids is 2. The summed E-state index contributed by atoms with van der Waals surface area (Å²) < 4.78 is 0. The predicted molar refractivity (Wildman–Crippen MR) is 66.5 cm³/mol. The molecule has 0 unspecified atom stereocenters. The number of nitro benzene ring substituents is 1. The number of piperazine rings is 1. The van der Waals surface area contributed by atoms with Crippen molar-refractivity contribution in [2.45, 2.75) is 6.54 Å². The molecule has 0 aromatic heterocycles. The molecule has 100 valence electrons. The van der Waals surface area contributed by atoms with E-state index in [0.29, 0.717) is 10.6 Å². The van der Waals surface area contributed by atoms with Crippen LogP contribution in [0.1, 0.15) is 5.56 Å². The highest BCUT2D eigenvalue weighted by Gasteiger charge is 2.23. The smallest absolute Gasteiger partial charge is 0.269 e. The fourth-order valence-corrected chi connectivity index (χ4v) is 2.02. The van der Waals surface area contributed by atoms with Crippen LogP contribution in [0.4, 0.5) is 5.69 Å². The van der Waals surface area contributed by atoms with Crippen LogP contribution in [0.5, 0.6) is 0 Å². The van der Waals surface area contributed by atoms with Crippen LogP contribution in [0.25, 0.3) is 0 Å². The minimum Gasteiger partial charge on any atom is -0.294 e. The second kappa shape index (κ2) is 5.33. The fourth-order valence-electron chi connectivity index (χ4n) is 1.85. The van der Waals surface area contributed by atoms with E-state index in [1.165, 1.54) is 18.2 Å². The van der Waals surface area contributed by atoms with Crippen molar-refractivity contribution in [2.75, 3.05) is 13.1 Å². The highest BCUT2D eigenvalue weighted by Crippen LogP contribution is 2.23. The fraction of sp³-hybridized carbons (Fsp3) is 0.273. The summed E-state index contributed by atoms with van der Waals surface area (Å²) in [4.78, 5) is 34.2. The van der Waals surface area contributed by atoms with Gasteiger partial charge in [-0.15, -0.1) is 0 Å². The van der Waals surface area contributed by atoms with Gasteiger partial charge < -0.3 is 0 Å². The van der Waals surface area contributed by atoms with Gasteiger partial charge in [-0.05, 0) is 11.6 Å². The van der Waals surface area contributed by atoms with Gasteiger partial charge in [0.1, 0.15) is 0 Å². The number of carbonyl (C=O) groups is 2. The maximum Gasteiger partial charge on any atom is 0.269 e. The van der Waals surface area contributed by atoms with Crippen molar-refractivity contribution in [3.05, 3.63) is 38.9 Å². The first-order chi connectivity index (χ1) is 8.95. The van der Waals surface area contributed by atoms with Gasteiger partial charge in [-0.1, -0.05) is 11.6 Å². The number of benzene rings is 1. The molecule has 1 aliphatic heterocycles. The van der Waals surface area contributed by atoms with E-state index >= 15 is 0 Å². The van der Waals surface area contributed by atoms with Crippen LogP contribution in [-0.4, -0.2) is 34.7 Å². The Hall–Kier alpha value is -1.99. The first kappa shape index (κ1) is 13.4. The van der Waals surface area contributed by atoms with Crippen molar-refractivity contribution in [2.24, 2.45) is 0 Å². The predicted octanol–water partition coefficient (Wildman–Crippen LogP) is 0.707.